The molecule has 0 atom stereocenters. The van der Waals surface area contributed by atoms with E-state index in [0.29, 0.717) is 28.4 Å². The van der Waals surface area contributed by atoms with E-state index < -0.39 is 12.1 Å². The molecule has 0 aliphatic heterocycles. The van der Waals surface area contributed by atoms with Crippen molar-refractivity contribution in [3.05, 3.63) is 57.5 Å². The topological polar surface area (TPSA) is 67.4 Å². The maximum absolute atomic E-state index is 12.2. The normalized spacial score (nSPS) is 11.1. The van der Waals surface area contributed by atoms with Crippen LogP contribution in [-0.4, -0.2) is 24.6 Å². The van der Waals surface area contributed by atoms with Crippen LogP contribution in [0, 0.1) is 0 Å². The number of halogens is 5. The number of anilines is 1. The van der Waals surface area contributed by atoms with E-state index in [1.807, 2.05) is 0 Å². The molecule has 0 saturated carbocycles. The number of nitrogens with one attached hydrogen (secondary N) is 2. The molecule has 29 heavy (non-hydrogen) atoms. The second-order valence-corrected chi connectivity index (χ2v) is 7.28. The lowest BCUT2D eigenvalue weighted by Gasteiger charge is -2.10. The first kappa shape index (κ1) is 23.0. The highest BCUT2D eigenvalue weighted by molar-refractivity contribution is 9.10. The fourth-order valence-electron chi connectivity index (χ4n) is 2.27. The Balaban J connectivity index is 1.76. The fourth-order valence-corrected chi connectivity index (χ4v) is 3.00. The first-order valence-corrected chi connectivity index (χ1v) is 9.64. The molecular weight excluding hydrogens is 477 g/mol. The molecule has 0 unspecified atom stereocenters. The third kappa shape index (κ3) is 7.94. The molecule has 2 rings (SSSR count). The number of ether oxygens (including phenoxy) is 1. The van der Waals surface area contributed by atoms with Crippen molar-refractivity contribution >= 4 is 45.0 Å². The smallest absolute Gasteiger partial charge is 0.471 e. The van der Waals surface area contributed by atoms with Gasteiger partial charge in [-0.1, -0.05) is 39.7 Å². The summed E-state index contributed by atoms with van der Waals surface area (Å²) < 4.78 is 43.0. The third-order valence-electron chi connectivity index (χ3n) is 3.62. The lowest BCUT2D eigenvalue weighted by molar-refractivity contribution is -0.173. The van der Waals surface area contributed by atoms with Gasteiger partial charge in [-0.25, -0.2) is 0 Å². The average Bonchev–Trinajstić information content (AvgIpc) is 2.64. The molecule has 0 bridgehead atoms. The van der Waals surface area contributed by atoms with Gasteiger partial charge in [0.25, 0.3) is 0 Å². The molecule has 2 aromatic rings. The Morgan fingerprint density at radius 3 is 2.59 bits per heavy atom. The summed E-state index contributed by atoms with van der Waals surface area (Å²) in [6.07, 6.45) is -4.31. The van der Waals surface area contributed by atoms with Crippen molar-refractivity contribution in [3.63, 3.8) is 0 Å². The number of amides is 2. The van der Waals surface area contributed by atoms with Crippen molar-refractivity contribution in [1.29, 1.82) is 0 Å². The minimum absolute atomic E-state index is 0.184. The number of carbonyl (C=O) groups is 2. The fraction of sp³-hybridized carbons (Fsp3) is 0.263. The molecule has 0 saturated heterocycles. The summed E-state index contributed by atoms with van der Waals surface area (Å²) in [5, 5.41) is 4.89. The Bertz CT molecular complexity index is 878. The molecule has 0 radical (unpaired) electrons. The van der Waals surface area contributed by atoms with Gasteiger partial charge in [0.2, 0.25) is 5.91 Å². The van der Waals surface area contributed by atoms with E-state index in [-0.39, 0.29) is 25.5 Å². The van der Waals surface area contributed by atoms with E-state index in [1.165, 1.54) is 6.07 Å². The molecule has 2 N–H and O–H groups in total. The molecule has 0 fully saturated rings. The quantitative estimate of drug-likeness (QED) is 0.504. The molecule has 0 aromatic heterocycles. The molecule has 0 heterocycles. The van der Waals surface area contributed by atoms with Gasteiger partial charge in [0, 0.05) is 23.1 Å². The zero-order chi connectivity index (χ0) is 21.4. The van der Waals surface area contributed by atoms with Crippen LogP contribution in [0.4, 0.5) is 18.9 Å². The van der Waals surface area contributed by atoms with Crippen molar-refractivity contribution < 1.29 is 27.5 Å². The largest absolute Gasteiger partial charge is 0.492 e. The van der Waals surface area contributed by atoms with Crippen molar-refractivity contribution in [3.8, 4) is 5.75 Å². The van der Waals surface area contributed by atoms with Gasteiger partial charge in [0.05, 0.1) is 11.6 Å². The van der Waals surface area contributed by atoms with Crippen LogP contribution >= 0.6 is 27.5 Å². The van der Waals surface area contributed by atoms with Gasteiger partial charge in [-0.2, -0.15) is 13.2 Å². The molecule has 5 nitrogen and oxygen atoms in total. The molecule has 0 aliphatic rings. The molecular formula is C19H17BrClF3N2O3. The maximum Gasteiger partial charge on any atom is 0.471 e. The minimum atomic E-state index is -4.94. The Morgan fingerprint density at radius 1 is 1.14 bits per heavy atom. The summed E-state index contributed by atoms with van der Waals surface area (Å²) in [6.45, 7) is -0.0118. The van der Waals surface area contributed by atoms with Gasteiger partial charge >= 0.3 is 12.1 Å². The number of carbonyl (C=O) groups excluding carboxylic acids is 2. The van der Waals surface area contributed by atoms with Crippen LogP contribution in [0.3, 0.4) is 0 Å². The summed E-state index contributed by atoms with van der Waals surface area (Å²) in [5.74, 6) is -1.77. The van der Waals surface area contributed by atoms with Crippen molar-refractivity contribution in [2.75, 3.05) is 11.9 Å². The number of benzene rings is 2. The molecule has 2 aromatic carbocycles. The van der Waals surface area contributed by atoms with E-state index in [2.05, 4.69) is 21.2 Å². The Hall–Kier alpha value is -2.26. The Labute approximate surface area is 178 Å². The van der Waals surface area contributed by atoms with E-state index >= 15 is 0 Å². The number of hydrogen-bond acceptors (Lipinski definition) is 3. The summed E-state index contributed by atoms with van der Waals surface area (Å²) in [7, 11) is 0. The molecule has 10 heteroatoms. The third-order valence-corrected chi connectivity index (χ3v) is 4.41. The standard InChI is InChI=1S/C19H17BrClF3N2O3/c20-13-6-7-16(15(21)10-13)29-8-2-5-17(27)26-14-4-1-3-12(9-14)11-25-18(28)19(22,23)24/h1,3-4,6-7,9-10H,2,5,8,11H2,(H,25,28)(H,26,27). The average molecular weight is 494 g/mol. The van der Waals surface area contributed by atoms with Gasteiger partial charge in [-0.15, -0.1) is 0 Å². The molecule has 0 spiro atoms. The maximum atomic E-state index is 12.2. The van der Waals surface area contributed by atoms with Crippen LogP contribution in [0.2, 0.25) is 5.02 Å². The summed E-state index contributed by atoms with van der Waals surface area (Å²) >= 11 is 9.34. The van der Waals surface area contributed by atoms with Crippen molar-refractivity contribution in [2.24, 2.45) is 0 Å². The Morgan fingerprint density at radius 2 is 1.90 bits per heavy atom. The number of hydrogen-bond donors (Lipinski definition) is 2. The summed E-state index contributed by atoms with van der Waals surface area (Å²) in [4.78, 5) is 22.9. The second kappa shape index (κ2) is 10.5. The SMILES string of the molecule is O=C(CCCOc1ccc(Br)cc1Cl)Nc1cccc(CNC(=O)C(F)(F)F)c1. The van der Waals surface area contributed by atoms with E-state index in [9.17, 15) is 22.8 Å². The van der Waals surface area contributed by atoms with Crippen LogP contribution < -0.4 is 15.4 Å². The molecule has 2 amide bonds. The highest BCUT2D eigenvalue weighted by atomic mass is 79.9. The van der Waals surface area contributed by atoms with Gasteiger partial charge in [-0.3, -0.25) is 9.59 Å². The predicted octanol–water partition coefficient (Wildman–Crippen LogP) is 5.08. The monoisotopic (exact) mass is 492 g/mol. The van der Waals surface area contributed by atoms with Crippen molar-refractivity contribution in [1.82, 2.24) is 5.32 Å². The van der Waals surface area contributed by atoms with Gasteiger partial charge in [0.1, 0.15) is 5.75 Å². The van der Waals surface area contributed by atoms with Crippen LogP contribution in [-0.2, 0) is 16.1 Å². The second-order valence-electron chi connectivity index (χ2n) is 5.96. The minimum Gasteiger partial charge on any atom is -0.492 e. The highest BCUT2D eigenvalue weighted by Gasteiger charge is 2.38. The first-order valence-electron chi connectivity index (χ1n) is 8.47. The van der Waals surface area contributed by atoms with Crippen LogP contribution in [0.25, 0.3) is 0 Å². The highest BCUT2D eigenvalue weighted by Crippen LogP contribution is 2.27. The summed E-state index contributed by atoms with van der Waals surface area (Å²) in [5.41, 5.74) is 0.847. The lowest BCUT2D eigenvalue weighted by Crippen LogP contribution is -2.36. The van der Waals surface area contributed by atoms with Gasteiger partial charge < -0.3 is 15.4 Å². The number of alkyl halides is 3. The predicted molar refractivity (Wildman–Crippen MR) is 107 cm³/mol. The van der Waals surface area contributed by atoms with E-state index in [4.69, 9.17) is 16.3 Å². The number of rotatable bonds is 8. The van der Waals surface area contributed by atoms with Crippen LogP contribution in [0.1, 0.15) is 18.4 Å². The Kier molecular flexibility index (Phi) is 8.33. The molecule has 156 valence electrons. The molecule has 0 aliphatic carbocycles. The summed E-state index contributed by atoms with van der Waals surface area (Å²) in [6, 6.07) is 11.4. The zero-order valence-electron chi connectivity index (χ0n) is 15.0. The lowest BCUT2D eigenvalue weighted by atomic mass is 10.2. The van der Waals surface area contributed by atoms with Crippen LogP contribution in [0.5, 0.6) is 5.75 Å². The first-order chi connectivity index (χ1) is 13.6. The zero-order valence-corrected chi connectivity index (χ0v) is 17.3. The van der Waals surface area contributed by atoms with E-state index in [0.717, 1.165) is 4.47 Å². The van der Waals surface area contributed by atoms with E-state index in [1.54, 1.807) is 41.7 Å². The van der Waals surface area contributed by atoms with Gasteiger partial charge in [-0.05, 0) is 42.3 Å². The van der Waals surface area contributed by atoms with Crippen molar-refractivity contribution in [2.45, 2.75) is 25.6 Å². The van der Waals surface area contributed by atoms with Crippen LogP contribution in [0.15, 0.2) is 46.9 Å². The van der Waals surface area contributed by atoms with Gasteiger partial charge in [0.15, 0.2) is 0 Å².